The van der Waals surface area contributed by atoms with Crippen LogP contribution in [-0.2, 0) is 10.0 Å². The first kappa shape index (κ1) is 14.8. The highest BCUT2D eigenvalue weighted by atomic mass is 32.2. The molecule has 0 aromatic heterocycles. The molecule has 0 radical (unpaired) electrons. The van der Waals surface area contributed by atoms with Gasteiger partial charge in [0.2, 0.25) is 10.0 Å². The number of aryl methyl sites for hydroxylation is 1. The molecule has 5 nitrogen and oxygen atoms in total. The number of nitrogens with two attached hydrogens (primary N) is 1. The van der Waals surface area contributed by atoms with Gasteiger partial charge in [-0.3, -0.25) is 4.90 Å². The average Bonchev–Trinajstić information content (AvgIpc) is 3.11. The van der Waals surface area contributed by atoms with Crippen molar-refractivity contribution < 1.29 is 8.42 Å². The van der Waals surface area contributed by atoms with Crippen molar-refractivity contribution in [1.82, 2.24) is 9.21 Å². The Bertz CT molecular complexity index is 624. The summed E-state index contributed by atoms with van der Waals surface area (Å²) in [5, 5.41) is 0. The van der Waals surface area contributed by atoms with Gasteiger partial charge in [0.15, 0.2) is 0 Å². The van der Waals surface area contributed by atoms with Crippen LogP contribution >= 0.6 is 0 Å². The standard InChI is InChI=1S/C15H23N3O2S/c1-12-4-5-13(16)10-15(12)21(19,20)18-9-6-14(11-18)17-7-2-3-8-17/h4-5,10,14H,2-3,6-9,11,16H2,1H3. The maximum atomic E-state index is 12.8. The smallest absolute Gasteiger partial charge is 0.243 e. The average molecular weight is 309 g/mol. The highest BCUT2D eigenvalue weighted by Crippen LogP contribution is 2.28. The number of benzene rings is 1. The number of hydrogen-bond donors (Lipinski definition) is 1. The van der Waals surface area contributed by atoms with Crippen molar-refractivity contribution in [3.63, 3.8) is 0 Å². The van der Waals surface area contributed by atoms with Gasteiger partial charge < -0.3 is 5.73 Å². The first-order chi connectivity index (χ1) is 9.98. The van der Waals surface area contributed by atoms with Crippen LogP contribution in [0.5, 0.6) is 0 Å². The minimum Gasteiger partial charge on any atom is -0.399 e. The summed E-state index contributed by atoms with van der Waals surface area (Å²) in [4.78, 5) is 2.78. The maximum absolute atomic E-state index is 12.8. The molecule has 1 aromatic carbocycles. The third kappa shape index (κ3) is 2.80. The molecule has 2 N–H and O–H groups in total. The summed E-state index contributed by atoms with van der Waals surface area (Å²) in [6.45, 7) is 5.25. The SMILES string of the molecule is Cc1ccc(N)cc1S(=O)(=O)N1CCC(N2CCCC2)C1. The van der Waals surface area contributed by atoms with E-state index in [0.29, 0.717) is 29.7 Å². The second-order valence-electron chi connectivity index (χ2n) is 6.07. The molecule has 2 aliphatic rings. The number of hydrogen-bond acceptors (Lipinski definition) is 4. The summed E-state index contributed by atoms with van der Waals surface area (Å²) in [7, 11) is -3.43. The Labute approximate surface area is 126 Å². The lowest BCUT2D eigenvalue weighted by molar-refractivity contribution is 0.251. The van der Waals surface area contributed by atoms with Crippen molar-refractivity contribution in [3.8, 4) is 0 Å². The zero-order valence-corrected chi connectivity index (χ0v) is 13.3. The minimum absolute atomic E-state index is 0.351. The van der Waals surface area contributed by atoms with E-state index in [2.05, 4.69) is 4.90 Å². The van der Waals surface area contributed by atoms with Crippen LogP contribution in [-0.4, -0.2) is 49.8 Å². The Morgan fingerprint density at radius 3 is 2.62 bits per heavy atom. The third-order valence-electron chi connectivity index (χ3n) is 4.61. The van der Waals surface area contributed by atoms with Crippen LogP contribution in [0.2, 0.25) is 0 Å². The van der Waals surface area contributed by atoms with Crippen LogP contribution in [0.15, 0.2) is 23.1 Å². The predicted molar refractivity (Wildman–Crippen MR) is 83.6 cm³/mol. The molecule has 1 atom stereocenters. The number of nitrogens with zero attached hydrogens (tertiary/aromatic N) is 2. The van der Waals surface area contributed by atoms with E-state index in [1.807, 2.05) is 6.92 Å². The van der Waals surface area contributed by atoms with Crippen molar-refractivity contribution in [3.05, 3.63) is 23.8 Å². The lowest BCUT2D eigenvalue weighted by Gasteiger charge is -2.24. The molecule has 2 aliphatic heterocycles. The monoisotopic (exact) mass is 309 g/mol. The van der Waals surface area contributed by atoms with Gasteiger partial charge >= 0.3 is 0 Å². The summed E-state index contributed by atoms with van der Waals surface area (Å²) < 4.78 is 27.3. The number of anilines is 1. The van der Waals surface area contributed by atoms with E-state index in [1.54, 1.807) is 22.5 Å². The zero-order chi connectivity index (χ0) is 15.0. The molecule has 2 fully saturated rings. The summed E-state index contributed by atoms with van der Waals surface area (Å²) in [5.41, 5.74) is 7.01. The van der Waals surface area contributed by atoms with Gasteiger partial charge in [0.1, 0.15) is 0 Å². The Hall–Kier alpha value is -1.11. The van der Waals surface area contributed by atoms with Crippen molar-refractivity contribution in [1.29, 1.82) is 0 Å². The topological polar surface area (TPSA) is 66.6 Å². The van der Waals surface area contributed by atoms with Crippen LogP contribution in [0, 0.1) is 6.92 Å². The number of nitrogen functional groups attached to an aromatic ring is 1. The van der Waals surface area contributed by atoms with Crippen LogP contribution in [0.1, 0.15) is 24.8 Å². The van der Waals surface area contributed by atoms with Gasteiger partial charge in [0.25, 0.3) is 0 Å². The molecule has 1 unspecified atom stereocenters. The molecule has 6 heteroatoms. The molecule has 2 heterocycles. The maximum Gasteiger partial charge on any atom is 0.243 e. The summed E-state index contributed by atoms with van der Waals surface area (Å²) in [5.74, 6) is 0. The van der Waals surface area contributed by atoms with E-state index in [-0.39, 0.29) is 0 Å². The number of likely N-dealkylation sites (tertiary alicyclic amines) is 1. The molecule has 2 saturated heterocycles. The van der Waals surface area contributed by atoms with Crippen molar-refractivity contribution >= 4 is 15.7 Å². The second-order valence-corrected chi connectivity index (χ2v) is 7.98. The fourth-order valence-electron chi connectivity index (χ4n) is 3.37. The molecule has 0 aliphatic carbocycles. The molecule has 1 aromatic rings. The van der Waals surface area contributed by atoms with Gasteiger partial charge in [-0.25, -0.2) is 8.42 Å². The molecule has 3 rings (SSSR count). The van der Waals surface area contributed by atoms with Gasteiger partial charge in [0.05, 0.1) is 4.90 Å². The minimum atomic E-state index is -3.43. The van der Waals surface area contributed by atoms with E-state index in [9.17, 15) is 8.42 Å². The summed E-state index contributed by atoms with van der Waals surface area (Å²) >= 11 is 0. The molecule has 116 valence electrons. The van der Waals surface area contributed by atoms with Gasteiger partial charge in [-0.05, 0) is 57.0 Å². The molecule has 0 amide bonds. The predicted octanol–water partition coefficient (Wildman–Crippen LogP) is 1.44. The number of sulfonamides is 1. The van der Waals surface area contributed by atoms with Gasteiger partial charge in [-0.2, -0.15) is 4.31 Å². The second kappa shape index (κ2) is 5.59. The normalized spacial score (nSPS) is 24.7. The van der Waals surface area contributed by atoms with E-state index in [1.165, 1.54) is 12.8 Å². The quantitative estimate of drug-likeness (QED) is 0.858. The van der Waals surface area contributed by atoms with Crippen molar-refractivity contribution in [2.45, 2.75) is 37.1 Å². The van der Waals surface area contributed by atoms with Crippen molar-refractivity contribution in [2.24, 2.45) is 0 Å². The van der Waals surface area contributed by atoms with Crippen LogP contribution in [0.4, 0.5) is 5.69 Å². The lowest BCUT2D eigenvalue weighted by atomic mass is 10.2. The molecular weight excluding hydrogens is 286 g/mol. The first-order valence-electron chi connectivity index (χ1n) is 7.59. The van der Waals surface area contributed by atoms with E-state index in [4.69, 9.17) is 5.73 Å². The molecule has 21 heavy (non-hydrogen) atoms. The largest absolute Gasteiger partial charge is 0.399 e. The fourth-order valence-corrected chi connectivity index (χ4v) is 5.12. The highest BCUT2D eigenvalue weighted by molar-refractivity contribution is 7.89. The van der Waals surface area contributed by atoms with E-state index in [0.717, 1.165) is 25.1 Å². The third-order valence-corrected chi connectivity index (χ3v) is 6.62. The summed E-state index contributed by atoms with van der Waals surface area (Å²) in [6, 6.07) is 5.47. The Morgan fingerprint density at radius 2 is 1.90 bits per heavy atom. The highest BCUT2D eigenvalue weighted by Gasteiger charge is 2.36. The van der Waals surface area contributed by atoms with Gasteiger partial charge in [-0.15, -0.1) is 0 Å². The Balaban J connectivity index is 1.81. The van der Waals surface area contributed by atoms with Gasteiger partial charge in [-0.1, -0.05) is 6.07 Å². The molecule has 0 bridgehead atoms. The Morgan fingerprint density at radius 1 is 1.19 bits per heavy atom. The van der Waals surface area contributed by atoms with Crippen LogP contribution in [0.25, 0.3) is 0 Å². The molecular formula is C15H23N3O2S. The first-order valence-corrected chi connectivity index (χ1v) is 9.03. The Kier molecular flexibility index (Phi) is 3.94. The van der Waals surface area contributed by atoms with Gasteiger partial charge in [0, 0.05) is 24.8 Å². The van der Waals surface area contributed by atoms with Crippen LogP contribution in [0.3, 0.4) is 0 Å². The summed E-state index contributed by atoms with van der Waals surface area (Å²) in [6.07, 6.45) is 3.40. The molecule has 0 spiro atoms. The molecule has 0 saturated carbocycles. The van der Waals surface area contributed by atoms with E-state index >= 15 is 0 Å². The fraction of sp³-hybridized carbons (Fsp3) is 0.600. The number of rotatable bonds is 3. The van der Waals surface area contributed by atoms with Crippen molar-refractivity contribution in [2.75, 3.05) is 31.9 Å². The van der Waals surface area contributed by atoms with E-state index < -0.39 is 10.0 Å². The van der Waals surface area contributed by atoms with Crippen LogP contribution < -0.4 is 5.73 Å². The zero-order valence-electron chi connectivity index (χ0n) is 12.5. The lowest BCUT2D eigenvalue weighted by Crippen LogP contribution is -2.37.